The van der Waals surface area contributed by atoms with Crippen LogP contribution in [0.1, 0.15) is 25.7 Å². The van der Waals surface area contributed by atoms with Gasteiger partial charge >= 0.3 is 0 Å². The van der Waals surface area contributed by atoms with Crippen LogP contribution in [0, 0.1) is 0 Å². The molecule has 1 saturated heterocycles. The van der Waals surface area contributed by atoms with Crippen LogP contribution in [0.3, 0.4) is 0 Å². The Hall–Kier alpha value is -1.04. The summed E-state index contributed by atoms with van der Waals surface area (Å²) in [6.07, 6.45) is 4.07. The number of carbonyl (C=O) groups excluding carboxylic acids is 2. The van der Waals surface area contributed by atoms with E-state index in [4.69, 9.17) is 11.2 Å². The van der Waals surface area contributed by atoms with Gasteiger partial charge in [0.05, 0.1) is 16.5 Å². The van der Waals surface area contributed by atoms with E-state index < -0.39 is 16.0 Å². The summed E-state index contributed by atoms with van der Waals surface area (Å²) in [6.45, 7) is 0.865. The summed E-state index contributed by atoms with van der Waals surface area (Å²) in [5.74, 6) is -0.124. The maximum absolute atomic E-state index is 12.6. The van der Waals surface area contributed by atoms with E-state index in [2.05, 4.69) is 18.1 Å². The quantitative estimate of drug-likeness (QED) is 0.572. The van der Waals surface area contributed by atoms with E-state index in [1.165, 1.54) is 10.1 Å². The highest BCUT2D eigenvalue weighted by Gasteiger charge is 2.37. The molecule has 1 aromatic carbocycles. The number of carbonyl (C=O) groups is 2. The molecule has 0 aromatic heterocycles. The van der Waals surface area contributed by atoms with Crippen LogP contribution in [0.25, 0.3) is 0 Å². The number of anilines is 2. The Morgan fingerprint density at radius 2 is 2.04 bits per heavy atom. The number of hydrogen-bond acceptors (Lipinski definition) is 5. The van der Waals surface area contributed by atoms with Crippen molar-refractivity contribution in [3.05, 3.63) is 24.3 Å². The standard InChI is InChI=1S/C17H24N4O3S3/c1-19(16(22)11-18-12-3-2-4-12)13-5-7-14(8-6-13)20-10-9-15(17(20)23)21(25)27(24)26/h5-8,12,15,18,25H,2-4,9-11H2,1H3,(H,24,26). The van der Waals surface area contributed by atoms with Crippen LogP contribution in [-0.2, 0) is 30.7 Å². The Bertz CT molecular complexity index is 727. The van der Waals surface area contributed by atoms with Gasteiger partial charge in [-0.3, -0.25) is 9.59 Å². The SMILES string of the molecule is CN(C(=O)CNC1CCC1)c1ccc(N2CCC(N(S)S(O)=S)C2=O)cc1. The Balaban J connectivity index is 1.60. The Labute approximate surface area is 172 Å². The molecule has 2 aliphatic rings. The van der Waals surface area contributed by atoms with Crippen molar-refractivity contribution in [2.24, 2.45) is 0 Å². The molecule has 2 fully saturated rings. The first-order valence-corrected chi connectivity index (χ1v) is 11.4. The molecular weight excluding hydrogens is 404 g/mol. The zero-order valence-corrected chi connectivity index (χ0v) is 17.6. The minimum atomic E-state index is -1.48. The van der Waals surface area contributed by atoms with E-state index in [9.17, 15) is 14.1 Å². The first kappa shape index (κ1) is 20.7. The highest BCUT2D eigenvalue weighted by Crippen LogP contribution is 2.27. The van der Waals surface area contributed by atoms with E-state index in [1.54, 1.807) is 16.8 Å². The molecule has 1 saturated carbocycles. The molecule has 2 amide bonds. The van der Waals surface area contributed by atoms with Crippen LogP contribution >= 0.6 is 12.8 Å². The normalized spacial score (nSPS) is 21.4. The second-order valence-electron chi connectivity index (χ2n) is 6.81. The van der Waals surface area contributed by atoms with Gasteiger partial charge in [0.2, 0.25) is 11.8 Å². The van der Waals surface area contributed by atoms with Crippen molar-refractivity contribution >= 4 is 57.1 Å². The summed E-state index contributed by atoms with van der Waals surface area (Å²) < 4.78 is 10.7. The van der Waals surface area contributed by atoms with Crippen LogP contribution in [0.15, 0.2) is 24.3 Å². The van der Waals surface area contributed by atoms with Gasteiger partial charge in [0.15, 0.2) is 0 Å². The van der Waals surface area contributed by atoms with Crippen LogP contribution in [-0.4, -0.2) is 52.3 Å². The van der Waals surface area contributed by atoms with Crippen molar-refractivity contribution in [2.75, 3.05) is 29.9 Å². The maximum Gasteiger partial charge on any atom is 0.246 e. The third-order valence-corrected chi connectivity index (χ3v) is 7.30. The van der Waals surface area contributed by atoms with Crippen LogP contribution < -0.4 is 15.1 Å². The maximum atomic E-state index is 12.6. The van der Waals surface area contributed by atoms with E-state index in [1.807, 2.05) is 24.3 Å². The number of thiol groups is 1. The molecule has 1 aromatic rings. The number of likely N-dealkylation sites (N-methyl/N-ethyl adjacent to an activating group) is 1. The van der Waals surface area contributed by atoms with E-state index in [-0.39, 0.29) is 11.8 Å². The minimum absolute atomic E-state index is 0.0121. The molecular formula is C17H24N4O3S3. The zero-order chi connectivity index (χ0) is 19.6. The summed E-state index contributed by atoms with van der Waals surface area (Å²) in [4.78, 5) is 28.2. The van der Waals surface area contributed by atoms with Crippen molar-refractivity contribution in [1.82, 2.24) is 9.03 Å². The number of hydrogen-bond donors (Lipinski definition) is 3. The molecule has 2 atom stereocenters. The number of nitrogens with zero attached hydrogens (tertiary/aromatic N) is 3. The zero-order valence-electron chi connectivity index (χ0n) is 15.1. The van der Waals surface area contributed by atoms with Gasteiger partial charge in [-0.15, -0.1) is 0 Å². The number of nitrogens with one attached hydrogen (secondary N) is 1. The van der Waals surface area contributed by atoms with Crippen LogP contribution in [0.5, 0.6) is 0 Å². The number of rotatable bonds is 7. The second kappa shape index (κ2) is 8.97. The predicted octanol–water partition coefficient (Wildman–Crippen LogP) is 1.51. The fraction of sp³-hybridized carbons (Fsp3) is 0.529. The fourth-order valence-electron chi connectivity index (χ4n) is 3.20. The van der Waals surface area contributed by atoms with Crippen molar-refractivity contribution in [2.45, 2.75) is 37.8 Å². The molecule has 1 aliphatic carbocycles. The number of amides is 2. The highest BCUT2D eigenvalue weighted by molar-refractivity contribution is 8.27. The van der Waals surface area contributed by atoms with Gasteiger partial charge in [-0.2, -0.15) is 3.71 Å². The Morgan fingerprint density at radius 1 is 1.37 bits per heavy atom. The fourth-order valence-corrected chi connectivity index (χ4v) is 4.14. The van der Waals surface area contributed by atoms with Gasteiger partial charge in [-0.25, -0.2) is 0 Å². The first-order valence-electron chi connectivity index (χ1n) is 8.89. The summed E-state index contributed by atoms with van der Waals surface area (Å²) in [5, 5.41) is 3.27. The lowest BCUT2D eigenvalue weighted by Gasteiger charge is -2.27. The monoisotopic (exact) mass is 428 g/mol. The highest BCUT2D eigenvalue weighted by atomic mass is 32.8. The average Bonchev–Trinajstić information content (AvgIpc) is 3.00. The molecule has 2 unspecified atom stereocenters. The van der Waals surface area contributed by atoms with Crippen molar-refractivity contribution in [3.63, 3.8) is 0 Å². The number of benzene rings is 1. The molecule has 0 bridgehead atoms. The van der Waals surface area contributed by atoms with Crippen LogP contribution in [0.2, 0.25) is 0 Å². The lowest BCUT2D eigenvalue weighted by atomic mass is 9.93. The van der Waals surface area contributed by atoms with E-state index >= 15 is 0 Å². The van der Waals surface area contributed by atoms with E-state index in [0.29, 0.717) is 25.6 Å². The van der Waals surface area contributed by atoms with Gasteiger partial charge in [-0.1, -0.05) is 19.2 Å². The van der Waals surface area contributed by atoms with Crippen molar-refractivity contribution < 1.29 is 14.1 Å². The van der Waals surface area contributed by atoms with Gasteiger partial charge < -0.3 is 19.7 Å². The lowest BCUT2D eigenvalue weighted by molar-refractivity contribution is -0.119. The van der Waals surface area contributed by atoms with Gasteiger partial charge in [0.1, 0.15) is 6.04 Å². The Morgan fingerprint density at radius 3 is 2.59 bits per heavy atom. The predicted molar refractivity (Wildman–Crippen MR) is 114 cm³/mol. The van der Waals surface area contributed by atoms with Gasteiger partial charge in [-0.05, 0) is 54.7 Å². The van der Waals surface area contributed by atoms with Crippen molar-refractivity contribution in [1.29, 1.82) is 0 Å². The average molecular weight is 429 g/mol. The smallest absolute Gasteiger partial charge is 0.246 e. The summed E-state index contributed by atoms with van der Waals surface area (Å²) in [7, 11) is 0.275. The first-order chi connectivity index (χ1) is 12.9. The van der Waals surface area contributed by atoms with E-state index in [0.717, 1.165) is 24.2 Å². The summed E-state index contributed by atoms with van der Waals surface area (Å²) in [6, 6.07) is 7.26. The molecule has 1 heterocycles. The third kappa shape index (κ3) is 4.69. The largest absolute Gasteiger partial charge is 0.315 e. The van der Waals surface area contributed by atoms with Crippen LogP contribution in [0.4, 0.5) is 11.4 Å². The lowest BCUT2D eigenvalue weighted by Crippen LogP contribution is -2.42. The molecule has 148 valence electrons. The second-order valence-corrected chi connectivity index (χ2v) is 9.26. The third-order valence-electron chi connectivity index (χ3n) is 5.17. The molecule has 0 radical (unpaired) electrons. The molecule has 1 aliphatic heterocycles. The van der Waals surface area contributed by atoms with Crippen molar-refractivity contribution in [3.8, 4) is 0 Å². The Kier molecular flexibility index (Phi) is 6.88. The molecule has 10 heteroatoms. The molecule has 7 nitrogen and oxygen atoms in total. The molecule has 2 N–H and O–H groups in total. The minimum Gasteiger partial charge on any atom is -0.315 e. The summed E-state index contributed by atoms with van der Waals surface area (Å²) in [5.41, 5.74) is 1.53. The molecule has 3 rings (SSSR count). The van der Waals surface area contributed by atoms with Gasteiger partial charge in [0, 0.05) is 31.0 Å². The molecule has 0 spiro atoms. The topological polar surface area (TPSA) is 76.1 Å². The molecule has 27 heavy (non-hydrogen) atoms. The van der Waals surface area contributed by atoms with Gasteiger partial charge in [0.25, 0.3) is 0 Å². The summed E-state index contributed by atoms with van der Waals surface area (Å²) >= 11 is 8.92.